The topological polar surface area (TPSA) is 58.2 Å². The van der Waals surface area contributed by atoms with Crippen molar-refractivity contribution in [3.8, 4) is 0 Å². The number of nitrogens with one attached hydrogen (secondary N) is 2. The van der Waals surface area contributed by atoms with Gasteiger partial charge < -0.3 is 10.6 Å². The van der Waals surface area contributed by atoms with Crippen LogP contribution >= 0.6 is 23.2 Å². The molecule has 2 N–H and O–H groups in total. The number of hydrogen-bond donors (Lipinski definition) is 2. The Bertz CT molecular complexity index is 1030. The van der Waals surface area contributed by atoms with E-state index >= 15 is 0 Å². The van der Waals surface area contributed by atoms with Crippen molar-refractivity contribution in [1.29, 1.82) is 0 Å². The van der Waals surface area contributed by atoms with Crippen LogP contribution in [0.4, 0.5) is 10.1 Å². The lowest BCUT2D eigenvalue weighted by atomic mass is 10.0. The average molecular weight is 431 g/mol. The lowest BCUT2D eigenvalue weighted by Gasteiger charge is -2.19. The van der Waals surface area contributed by atoms with Crippen molar-refractivity contribution in [2.75, 3.05) is 5.32 Å². The Kier molecular flexibility index (Phi) is 6.86. The number of benzene rings is 3. The fourth-order valence-corrected chi connectivity index (χ4v) is 3.26. The first-order valence-electron chi connectivity index (χ1n) is 8.78. The summed E-state index contributed by atoms with van der Waals surface area (Å²) in [6.45, 7) is 0. The van der Waals surface area contributed by atoms with E-state index in [1.807, 2.05) is 30.3 Å². The third-order valence-electron chi connectivity index (χ3n) is 4.17. The summed E-state index contributed by atoms with van der Waals surface area (Å²) in [7, 11) is 0. The van der Waals surface area contributed by atoms with E-state index < -0.39 is 23.7 Å². The van der Waals surface area contributed by atoms with Crippen LogP contribution in [0, 0.1) is 5.82 Å². The maximum atomic E-state index is 13.4. The Morgan fingerprint density at radius 3 is 2.38 bits per heavy atom. The van der Waals surface area contributed by atoms with Gasteiger partial charge in [0, 0.05) is 17.1 Å². The highest BCUT2D eigenvalue weighted by atomic mass is 35.5. The molecule has 4 nitrogen and oxygen atoms in total. The molecule has 1 atom stereocenters. The molecule has 0 fully saturated rings. The minimum Gasteiger partial charge on any atom is -0.340 e. The predicted molar refractivity (Wildman–Crippen MR) is 113 cm³/mol. The van der Waals surface area contributed by atoms with Crippen molar-refractivity contribution in [2.24, 2.45) is 0 Å². The lowest BCUT2D eigenvalue weighted by Crippen LogP contribution is -2.45. The maximum Gasteiger partial charge on any atom is 0.253 e. The van der Waals surface area contributed by atoms with E-state index in [4.69, 9.17) is 23.2 Å². The van der Waals surface area contributed by atoms with Crippen LogP contribution in [0.3, 0.4) is 0 Å². The highest BCUT2D eigenvalue weighted by Crippen LogP contribution is 2.21. The molecule has 7 heteroatoms. The molecule has 0 aromatic heterocycles. The average Bonchev–Trinajstić information content (AvgIpc) is 2.68. The second kappa shape index (κ2) is 9.54. The summed E-state index contributed by atoms with van der Waals surface area (Å²) < 4.78 is 13.4. The Morgan fingerprint density at radius 1 is 0.931 bits per heavy atom. The zero-order chi connectivity index (χ0) is 20.8. The quantitative estimate of drug-likeness (QED) is 0.570. The molecule has 3 rings (SSSR count). The van der Waals surface area contributed by atoms with Crippen molar-refractivity contribution < 1.29 is 14.0 Å². The molecule has 0 saturated heterocycles. The molecule has 0 aliphatic carbocycles. The number of anilines is 1. The third kappa shape index (κ3) is 5.79. The second-order valence-electron chi connectivity index (χ2n) is 6.34. The van der Waals surface area contributed by atoms with Crippen LogP contribution in [-0.4, -0.2) is 17.9 Å². The van der Waals surface area contributed by atoms with Crippen LogP contribution in [0.1, 0.15) is 15.9 Å². The second-order valence-corrected chi connectivity index (χ2v) is 7.18. The molecule has 0 unspecified atom stereocenters. The first-order valence-corrected chi connectivity index (χ1v) is 9.54. The van der Waals surface area contributed by atoms with Gasteiger partial charge in [-0.25, -0.2) is 4.39 Å². The van der Waals surface area contributed by atoms with Gasteiger partial charge in [-0.15, -0.1) is 0 Å². The van der Waals surface area contributed by atoms with Gasteiger partial charge in [-0.3, -0.25) is 9.59 Å². The normalized spacial score (nSPS) is 11.6. The number of carbonyl (C=O) groups is 2. The first-order chi connectivity index (χ1) is 13.9. The molecular weight excluding hydrogens is 414 g/mol. The molecular formula is C22H17Cl2FN2O2. The molecule has 0 saturated carbocycles. The number of halogens is 3. The summed E-state index contributed by atoms with van der Waals surface area (Å²) in [6.07, 6.45) is 0.249. The zero-order valence-corrected chi connectivity index (χ0v) is 16.7. The van der Waals surface area contributed by atoms with Gasteiger partial charge in [0.2, 0.25) is 5.91 Å². The van der Waals surface area contributed by atoms with Crippen molar-refractivity contribution >= 4 is 40.7 Å². The Hall–Kier alpha value is -2.89. The SMILES string of the molecule is O=C(N[C@H](Cc1ccccc1)C(=O)Nc1cccc(F)c1)c1ccc(Cl)cc1Cl. The molecule has 2 amide bonds. The monoisotopic (exact) mass is 430 g/mol. The van der Waals surface area contributed by atoms with E-state index in [0.717, 1.165) is 5.56 Å². The summed E-state index contributed by atoms with van der Waals surface area (Å²) in [5.41, 5.74) is 1.36. The zero-order valence-electron chi connectivity index (χ0n) is 15.2. The Morgan fingerprint density at radius 2 is 1.69 bits per heavy atom. The van der Waals surface area contributed by atoms with E-state index in [2.05, 4.69) is 10.6 Å². The van der Waals surface area contributed by atoms with Gasteiger partial charge in [0.1, 0.15) is 11.9 Å². The van der Waals surface area contributed by atoms with Crippen LogP contribution in [0.2, 0.25) is 10.0 Å². The van der Waals surface area contributed by atoms with Crippen molar-refractivity contribution in [1.82, 2.24) is 5.32 Å². The minimum absolute atomic E-state index is 0.180. The largest absolute Gasteiger partial charge is 0.340 e. The summed E-state index contributed by atoms with van der Waals surface area (Å²) >= 11 is 12.0. The van der Waals surface area contributed by atoms with Gasteiger partial charge in [0.05, 0.1) is 10.6 Å². The van der Waals surface area contributed by atoms with Crippen LogP contribution in [0.5, 0.6) is 0 Å². The lowest BCUT2D eigenvalue weighted by molar-refractivity contribution is -0.118. The van der Waals surface area contributed by atoms with E-state index in [9.17, 15) is 14.0 Å². The van der Waals surface area contributed by atoms with Crippen molar-refractivity contribution in [2.45, 2.75) is 12.5 Å². The number of rotatable bonds is 6. The van der Waals surface area contributed by atoms with Crippen LogP contribution in [0.15, 0.2) is 72.8 Å². The maximum absolute atomic E-state index is 13.4. The molecule has 0 bridgehead atoms. The molecule has 148 valence electrons. The van der Waals surface area contributed by atoms with Crippen molar-refractivity contribution in [3.63, 3.8) is 0 Å². The summed E-state index contributed by atoms with van der Waals surface area (Å²) in [6, 6.07) is 18.4. The van der Waals surface area contributed by atoms with Gasteiger partial charge in [-0.2, -0.15) is 0 Å². The van der Waals surface area contributed by atoms with E-state index in [1.165, 1.54) is 30.3 Å². The Balaban J connectivity index is 1.82. The minimum atomic E-state index is -0.903. The standard InChI is InChI=1S/C22H17Cl2FN2O2/c23-15-9-10-18(19(24)12-15)21(28)27-20(11-14-5-2-1-3-6-14)22(29)26-17-8-4-7-16(25)13-17/h1-10,12-13,20H,11H2,(H,26,29)(H,27,28)/t20-/m1/s1. The fourth-order valence-electron chi connectivity index (χ4n) is 2.76. The highest BCUT2D eigenvalue weighted by molar-refractivity contribution is 6.36. The van der Waals surface area contributed by atoms with E-state index in [-0.39, 0.29) is 17.0 Å². The molecule has 3 aromatic carbocycles. The van der Waals surface area contributed by atoms with E-state index in [1.54, 1.807) is 12.1 Å². The molecule has 0 aliphatic rings. The fraction of sp³-hybridized carbons (Fsp3) is 0.0909. The summed E-state index contributed by atoms with van der Waals surface area (Å²) in [5.74, 6) is -1.46. The number of amides is 2. The molecule has 3 aromatic rings. The smallest absolute Gasteiger partial charge is 0.253 e. The van der Waals surface area contributed by atoms with Gasteiger partial charge in [-0.05, 0) is 42.0 Å². The van der Waals surface area contributed by atoms with Gasteiger partial charge in [-0.1, -0.05) is 59.6 Å². The summed E-state index contributed by atoms with van der Waals surface area (Å²) in [5, 5.41) is 5.92. The number of carbonyl (C=O) groups excluding carboxylic acids is 2. The van der Waals surface area contributed by atoms with E-state index in [0.29, 0.717) is 10.7 Å². The van der Waals surface area contributed by atoms with Gasteiger partial charge in [0.15, 0.2) is 0 Å². The van der Waals surface area contributed by atoms with Crippen LogP contribution < -0.4 is 10.6 Å². The van der Waals surface area contributed by atoms with Crippen LogP contribution in [-0.2, 0) is 11.2 Å². The number of hydrogen-bond acceptors (Lipinski definition) is 2. The van der Waals surface area contributed by atoms with Gasteiger partial charge in [0.25, 0.3) is 5.91 Å². The summed E-state index contributed by atoms with van der Waals surface area (Å²) in [4.78, 5) is 25.5. The van der Waals surface area contributed by atoms with Gasteiger partial charge >= 0.3 is 0 Å². The Labute approximate surface area is 177 Å². The van der Waals surface area contributed by atoms with Crippen LogP contribution in [0.25, 0.3) is 0 Å². The highest BCUT2D eigenvalue weighted by Gasteiger charge is 2.23. The molecule has 0 aliphatic heterocycles. The first kappa shape index (κ1) is 20.8. The van der Waals surface area contributed by atoms with Crippen molar-refractivity contribution in [3.05, 3.63) is 99.8 Å². The molecule has 0 spiro atoms. The predicted octanol–water partition coefficient (Wildman–Crippen LogP) is 5.11. The third-order valence-corrected chi connectivity index (χ3v) is 4.72. The molecule has 0 heterocycles. The molecule has 0 radical (unpaired) electrons. The molecule has 29 heavy (non-hydrogen) atoms.